The Morgan fingerprint density at radius 1 is 1.47 bits per heavy atom. The van der Waals surface area contributed by atoms with Crippen LogP contribution in [0.15, 0.2) is 0 Å². The molecule has 7 nitrogen and oxygen atoms in total. The minimum atomic E-state index is -0.494. The zero-order valence-electron chi connectivity index (χ0n) is 10.2. The molecular weight excluding hydrogens is 222 g/mol. The highest BCUT2D eigenvalue weighted by Crippen LogP contribution is 2.25. The maximum absolute atomic E-state index is 10.9. The molecule has 1 heterocycles. The monoisotopic (exact) mass is 239 g/mol. The summed E-state index contributed by atoms with van der Waals surface area (Å²) in [7, 11) is 0. The fraction of sp³-hybridized carbons (Fsp3) is 0.600. The lowest BCUT2D eigenvalue weighted by atomic mass is 10.1. The van der Waals surface area contributed by atoms with Crippen molar-refractivity contribution in [1.29, 1.82) is 0 Å². The predicted molar refractivity (Wildman–Crippen MR) is 65.8 cm³/mol. The number of aryl methyl sites for hydroxylation is 1. The summed E-state index contributed by atoms with van der Waals surface area (Å²) in [6.45, 7) is 6.32. The number of anilines is 2. The molecule has 0 unspecified atom stereocenters. The average Bonchev–Trinajstić information content (AvgIpc) is 2.14. The lowest BCUT2D eigenvalue weighted by Gasteiger charge is -2.09. The van der Waals surface area contributed by atoms with E-state index in [0.29, 0.717) is 12.5 Å². The maximum atomic E-state index is 10.9. The Morgan fingerprint density at radius 2 is 2.12 bits per heavy atom. The molecule has 1 rings (SSSR count). The summed E-state index contributed by atoms with van der Waals surface area (Å²) >= 11 is 0. The average molecular weight is 239 g/mol. The second-order valence-electron chi connectivity index (χ2n) is 4.23. The third-order valence-electron chi connectivity index (χ3n) is 2.27. The fourth-order valence-electron chi connectivity index (χ4n) is 1.41. The molecule has 3 N–H and O–H groups in total. The van der Waals surface area contributed by atoms with Gasteiger partial charge in [-0.3, -0.25) is 10.1 Å². The number of nitro groups is 1. The molecule has 17 heavy (non-hydrogen) atoms. The smallest absolute Gasteiger partial charge is 0.332 e. The number of hydrogen-bond acceptors (Lipinski definition) is 6. The number of aromatic nitrogens is 2. The number of nitrogen functional groups attached to an aromatic ring is 1. The Bertz CT molecular complexity index is 419. The van der Waals surface area contributed by atoms with Crippen LogP contribution in [0.25, 0.3) is 0 Å². The molecule has 0 amide bonds. The lowest BCUT2D eigenvalue weighted by Crippen LogP contribution is -2.11. The molecule has 0 saturated heterocycles. The Balaban J connectivity index is 2.92. The molecule has 0 aliphatic carbocycles. The molecule has 94 valence electrons. The minimum absolute atomic E-state index is 0.0418. The SMILES string of the molecule is Cc1nc(N)nc(NCCC(C)C)c1[N+](=O)[O-]. The first kappa shape index (κ1) is 13.1. The normalized spacial score (nSPS) is 10.6. The second-order valence-corrected chi connectivity index (χ2v) is 4.23. The van der Waals surface area contributed by atoms with E-state index in [1.54, 1.807) is 6.92 Å². The maximum Gasteiger partial charge on any atom is 0.332 e. The molecule has 0 spiro atoms. The fourth-order valence-corrected chi connectivity index (χ4v) is 1.41. The van der Waals surface area contributed by atoms with E-state index in [4.69, 9.17) is 5.73 Å². The first-order valence-electron chi connectivity index (χ1n) is 5.44. The van der Waals surface area contributed by atoms with Crippen molar-refractivity contribution >= 4 is 17.5 Å². The van der Waals surface area contributed by atoms with E-state index in [1.165, 1.54) is 0 Å². The van der Waals surface area contributed by atoms with Crippen LogP contribution in [0.5, 0.6) is 0 Å². The van der Waals surface area contributed by atoms with Crippen LogP contribution in [0.1, 0.15) is 26.0 Å². The largest absolute Gasteiger partial charge is 0.368 e. The van der Waals surface area contributed by atoms with Gasteiger partial charge in [0.15, 0.2) is 0 Å². The van der Waals surface area contributed by atoms with E-state index >= 15 is 0 Å². The highest BCUT2D eigenvalue weighted by molar-refractivity contribution is 5.60. The molecule has 0 aromatic carbocycles. The number of hydrogen-bond donors (Lipinski definition) is 2. The van der Waals surface area contributed by atoms with Gasteiger partial charge < -0.3 is 11.1 Å². The van der Waals surface area contributed by atoms with Gasteiger partial charge in [-0.15, -0.1) is 0 Å². The van der Waals surface area contributed by atoms with Crippen molar-refractivity contribution in [2.45, 2.75) is 27.2 Å². The Kier molecular flexibility index (Phi) is 4.19. The van der Waals surface area contributed by atoms with Crippen molar-refractivity contribution in [2.75, 3.05) is 17.6 Å². The van der Waals surface area contributed by atoms with Crippen LogP contribution in [0, 0.1) is 23.0 Å². The van der Waals surface area contributed by atoms with Gasteiger partial charge in [0.05, 0.1) is 4.92 Å². The van der Waals surface area contributed by atoms with E-state index < -0.39 is 4.92 Å². The van der Waals surface area contributed by atoms with Crippen molar-refractivity contribution in [3.63, 3.8) is 0 Å². The van der Waals surface area contributed by atoms with E-state index in [0.717, 1.165) is 6.42 Å². The Hall–Kier alpha value is -1.92. The van der Waals surface area contributed by atoms with Crippen molar-refractivity contribution in [3.05, 3.63) is 15.8 Å². The van der Waals surface area contributed by atoms with Gasteiger partial charge in [-0.25, -0.2) is 4.98 Å². The molecule has 7 heteroatoms. The third-order valence-corrected chi connectivity index (χ3v) is 2.27. The van der Waals surface area contributed by atoms with Crippen LogP contribution in [0.2, 0.25) is 0 Å². The van der Waals surface area contributed by atoms with Gasteiger partial charge in [-0.05, 0) is 19.3 Å². The highest BCUT2D eigenvalue weighted by atomic mass is 16.6. The molecule has 0 bridgehead atoms. The van der Waals surface area contributed by atoms with Crippen molar-refractivity contribution < 1.29 is 4.92 Å². The first-order chi connectivity index (χ1) is 7.91. The van der Waals surface area contributed by atoms with Crippen molar-refractivity contribution in [3.8, 4) is 0 Å². The summed E-state index contributed by atoms with van der Waals surface area (Å²) in [5.74, 6) is 0.752. The van der Waals surface area contributed by atoms with Gasteiger partial charge in [0, 0.05) is 6.54 Å². The molecular formula is C10H17N5O2. The van der Waals surface area contributed by atoms with Crippen LogP contribution in [-0.4, -0.2) is 21.4 Å². The molecule has 0 saturated carbocycles. The van der Waals surface area contributed by atoms with Crippen molar-refractivity contribution in [1.82, 2.24) is 9.97 Å². The summed E-state index contributed by atoms with van der Waals surface area (Å²) in [6, 6.07) is 0. The minimum Gasteiger partial charge on any atom is -0.368 e. The van der Waals surface area contributed by atoms with Gasteiger partial charge in [-0.1, -0.05) is 13.8 Å². The highest BCUT2D eigenvalue weighted by Gasteiger charge is 2.20. The van der Waals surface area contributed by atoms with Crippen molar-refractivity contribution in [2.24, 2.45) is 5.92 Å². The van der Waals surface area contributed by atoms with Crippen LogP contribution in [-0.2, 0) is 0 Å². The molecule has 0 aliphatic rings. The van der Waals surface area contributed by atoms with E-state index in [1.807, 2.05) is 0 Å². The predicted octanol–water partition coefficient (Wildman–Crippen LogP) is 1.73. The molecule has 1 aromatic heterocycles. The van der Waals surface area contributed by atoms with Gasteiger partial charge in [0.2, 0.25) is 11.8 Å². The standard InChI is InChI=1S/C10H17N5O2/c1-6(2)4-5-12-9-8(15(16)17)7(3)13-10(11)14-9/h6H,4-5H2,1-3H3,(H3,11,12,13,14). The van der Waals surface area contributed by atoms with Crippen LogP contribution in [0.3, 0.4) is 0 Å². The first-order valence-corrected chi connectivity index (χ1v) is 5.44. The second kappa shape index (κ2) is 5.42. The quantitative estimate of drug-likeness (QED) is 0.598. The summed E-state index contributed by atoms with van der Waals surface area (Å²) in [6.07, 6.45) is 0.903. The summed E-state index contributed by atoms with van der Waals surface area (Å²) in [4.78, 5) is 18.1. The number of nitrogens with zero attached hydrogens (tertiary/aromatic N) is 3. The topological polar surface area (TPSA) is 107 Å². The molecule has 0 fully saturated rings. The molecule has 0 radical (unpaired) electrons. The zero-order chi connectivity index (χ0) is 13.0. The lowest BCUT2D eigenvalue weighted by molar-refractivity contribution is -0.385. The number of nitrogens with two attached hydrogens (primary N) is 1. The molecule has 0 atom stereocenters. The molecule has 1 aromatic rings. The van der Waals surface area contributed by atoms with Crippen LogP contribution >= 0.6 is 0 Å². The summed E-state index contributed by atoms with van der Waals surface area (Å²) < 4.78 is 0. The van der Waals surface area contributed by atoms with E-state index in [9.17, 15) is 10.1 Å². The van der Waals surface area contributed by atoms with Gasteiger partial charge >= 0.3 is 5.69 Å². The third kappa shape index (κ3) is 3.54. The zero-order valence-corrected chi connectivity index (χ0v) is 10.2. The number of rotatable bonds is 5. The van der Waals surface area contributed by atoms with Gasteiger partial charge in [-0.2, -0.15) is 4.98 Å². The van der Waals surface area contributed by atoms with E-state index in [-0.39, 0.29) is 23.1 Å². The van der Waals surface area contributed by atoms with Crippen LogP contribution < -0.4 is 11.1 Å². The van der Waals surface area contributed by atoms with Gasteiger partial charge in [0.25, 0.3) is 0 Å². The number of nitrogens with one attached hydrogen (secondary N) is 1. The summed E-state index contributed by atoms with van der Waals surface area (Å²) in [5.41, 5.74) is 5.64. The molecule has 0 aliphatic heterocycles. The Labute approximate surface area is 99.6 Å². The van der Waals surface area contributed by atoms with Gasteiger partial charge in [0.1, 0.15) is 5.69 Å². The van der Waals surface area contributed by atoms with E-state index in [2.05, 4.69) is 29.1 Å². The van der Waals surface area contributed by atoms with Crippen LogP contribution in [0.4, 0.5) is 17.5 Å². The summed E-state index contributed by atoms with van der Waals surface area (Å²) in [5, 5.41) is 13.8. The Morgan fingerprint density at radius 3 is 2.65 bits per heavy atom.